The van der Waals surface area contributed by atoms with Gasteiger partial charge in [0.15, 0.2) is 9.84 Å². The predicted octanol–water partition coefficient (Wildman–Crippen LogP) is 2.87. The van der Waals surface area contributed by atoms with Crippen LogP contribution in [0.3, 0.4) is 0 Å². The number of imidazole rings is 1. The molecule has 108 valence electrons. The number of rotatable bonds is 2. The minimum absolute atomic E-state index is 0.192. The molecule has 5 nitrogen and oxygen atoms in total. The third kappa shape index (κ3) is 2.59. The van der Waals surface area contributed by atoms with E-state index in [1.54, 1.807) is 30.3 Å². The van der Waals surface area contributed by atoms with Gasteiger partial charge in [0.2, 0.25) is 0 Å². The van der Waals surface area contributed by atoms with Gasteiger partial charge in [0.25, 0.3) is 0 Å². The van der Waals surface area contributed by atoms with E-state index in [1.165, 1.54) is 6.07 Å². The summed E-state index contributed by atoms with van der Waals surface area (Å²) in [4.78, 5) is 7.66. The van der Waals surface area contributed by atoms with Gasteiger partial charge in [-0.1, -0.05) is 17.7 Å². The smallest absolute Gasteiger partial charge is 0.177 e. The summed E-state index contributed by atoms with van der Waals surface area (Å²) in [7, 11) is -3.35. The monoisotopic (exact) mass is 321 g/mol. The lowest BCUT2D eigenvalue weighted by Crippen LogP contribution is -1.97. The van der Waals surface area contributed by atoms with E-state index in [1.807, 2.05) is 0 Å². The van der Waals surface area contributed by atoms with Gasteiger partial charge in [0.05, 0.1) is 10.4 Å². The van der Waals surface area contributed by atoms with Crippen LogP contribution >= 0.6 is 11.6 Å². The zero-order valence-corrected chi connectivity index (χ0v) is 12.7. The maximum Gasteiger partial charge on any atom is 0.177 e. The van der Waals surface area contributed by atoms with Crippen LogP contribution in [0.15, 0.2) is 41.3 Å². The van der Waals surface area contributed by atoms with Crippen LogP contribution in [-0.2, 0) is 9.84 Å². The second-order valence-electron chi connectivity index (χ2n) is 4.78. The predicted molar refractivity (Wildman–Crippen MR) is 84.1 cm³/mol. The summed E-state index contributed by atoms with van der Waals surface area (Å²) < 4.78 is 23.6. The molecule has 21 heavy (non-hydrogen) atoms. The van der Waals surface area contributed by atoms with E-state index >= 15 is 0 Å². The number of halogens is 1. The fraction of sp³-hybridized carbons (Fsp3) is 0.0714. The number of benzene rings is 2. The topological polar surface area (TPSA) is 88.8 Å². The number of nitrogen functional groups attached to an aromatic ring is 1. The summed E-state index contributed by atoms with van der Waals surface area (Å²) in [5, 5.41) is 0.494. The van der Waals surface area contributed by atoms with Crippen molar-refractivity contribution in [3.05, 3.63) is 41.4 Å². The van der Waals surface area contributed by atoms with Gasteiger partial charge in [-0.15, -0.1) is 0 Å². The van der Waals surface area contributed by atoms with E-state index in [4.69, 9.17) is 17.3 Å². The Morgan fingerprint density at radius 1 is 1.24 bits per heavy atom. The summed E-state index contributed by atoms with van der Waals surface area (Å²) >= 11 is 5.99. The Bertz CT molecular complexity index is 928. The van der Waals surface area contributed by atoms with Gasteiger partial charge in [-0.25, -0.2) is 13.4 Å². The summed E-state index contributed by atoms with van der Waals surface area (Å²) in [6.07, 6.45) is 1.16. The number of hydrogen-bond acceptors (Lipinski definition) is 4. The maximum atomic E-state index is 11.8. The number of sulfone groups is 1. The largest absolute Gasteiger partial charge is 0.399 e. The standard InChI is InChI=1S/C14H12ClN3O2S/c1-21(19,20)12-4-2-3-11-13(12)18-14(17-11)8-5-9(15)7-10(16)6-8/h2-7H,16H2,1H3,(H,17,18). The minimum Gasteiger partial charge on any atom is -0.399 e. The summed E-state index contributed by atoms with van der Waals surface area (Å²) in [6.45, 7) is 0. The van der Waals surface area contributed by atoms with Crippen molar-refractivity contribution < 1.29 is 8.42 Å². The average molecular weight is 322 g/mol. The molecule has 0 amide bonds. The maximum absolute atomic E-state index is 11.8. The summed E-state index contributed by atoms with van der Waals surface area (Å²) in [5.41, 5.74) is 8.04. The van der Waals surface area contributed by atoms with Gasteiger partial charge in [-0.05, 0) is 30.3 Å². The molecular formula is C14H12ClN3O2S. The number of aromatic nitrogens is 2. The second kappa shape index (κ2) is 4.75. The molecule has 0 radical (unpaired) electrons. The Morgan fingerprint density at radius 3 is 2.67 bits per heavy atom. The molecule has 0 atom stereocenters. The second-order valence-corrected chi connectivity index (χ2v) is 7.20. The van der Waals surface area contributed by atoms with Crippen molar-refractivity contribution >= 4 is 38.2 Å². The number of nitrogens with zero attached hydrogens (tertiary/aromatic N) is 1. The number of hydrogen-bond donors (Lipinski definition) is 2. The molecule has 1 heterocycles. The Balaban J connectivity index is 2.27. The van der Waals surface area contributed by atoms with Crippen molar-refractivity contribution in [3.63, 3.8) is 0 Å². The summed E-state index contributed by atoms with van der Waals surface area (Å²) in [5.74, 6) is 0.523. The van der Waals surface area contributed by atoms with Crippen molar-refractivity contribution in [2.45, 2.75) is 4.90 Å². The molecule has 2 aromatic carbocycles. The Labute approximate surface area is 126 Å². The Morgan fingerprint density at radius 2 is 2.00 bits per heavy atom. The number of aromatic amines is 1. The average Bonchev–Trinajstić information content (AvgIpc) is 2.79. The highest BCUT2D eigenvalue weighted by Gasteiger charge is 2.16. The number of H-pyrrole nitrogens is 1. The molecule has 7 heteroatoms. The molecule has 1 aromatic heterocycles. The van der Waals surface area contributed by atoms with Crippen LogP contribution in [0, 0.1) is 0 Å². The number of anilines is 1. The third-order valence-corrected chi connectivity index (χ3v) is 4.42. The van der Waals surface area contributed by atoms with Crippen LogP contribution in [0.2, 0.25) is 5.02 Å². The lowest BCUT2D eigenvalue weighted by Gasteiger charge is -2.00. The molecule has 0 saturated carbocycles. The van der Waals surface area contributed by atoms with E-state index in [2.05, 4.69) is 9.97 Å². The van der Waals surface area contributed by atoms with E-state index in [0.29, 0.717) is 33.1 Å². The normalized spacial score (nSPS) is 11.9. The van der Waals surface area contributed by atoms with Crippen LogP contribution in [0.5, 0.6) is 0 Å². The zero-order valence-electron chi connectivity index (χ0n) is 11.1. The van der Waals surface area contributed by atoms with E-state index in [0.717, 1.165) is 6.26 Å². The number of nitrogens with one attached hydrogen (secondary N) is 1. The zero-order chi connectivity index (χ0) is 15.2. The molecule has 0 unspecified atom stereocenters. The first-order valence-electron chi connectivity index (χ1n) is 6.10. The van der Waals surface area contributed by atoms with E-state index in [9.17, 15) is 8.42 Å². The van der Waals surface area contributed by atoms with Crippen LogP contribution in [0.25, 0.3) is 22.4 Å². The van der Waals surface area contributed by atoms with Gasteiger partial charge in [-0.3, -0.25) is 0 Å². The first-order chi connectivity index (χ1) is 9.84. The number of fused-ring (bicyclic) bond motifs is 1. The Hall–Kier alpha value is -2.05. The summed E-state index contributed by atoms with van der Waals surface area (Å²) in [6, 6.07) is 10.1. The molecule has 0 fully saturated rings. The van der Waals surface area contributed by atoms with Crippen molar-refractivity contribution in [2.75, 3.05) is 12.0 Å². The molecule has 0 aliphatic rings. The van der Waals surface area contributed by atoms with Gasteiger partial charge in [0, 0.05) is 22.5 Å². The van der Waals surface area contributed by atoms with Crippen molar-refractivity contribution in [3.8, 4) is 11.4 Å². The van der Waals surface area contributed by atoms with Crippen molar-refractivity contribution in [1.82, 2.24) is 9.97 Å². The van der Waals surface area contributed by atoms with Gasteiger partial charge < -0.3 is 10.7 Å². The van der Waals surface area contributed by atoms with E-state index in [-0.39, 0.29) is 4.90 Å². The highest BCUT2D eigenvalue weighted by molar-refractivity contribution is 7.91. The van der Waals surface area contributed by atoms with Crippen molar-refractivity contribution in [2.24, 2.45) is 0 Å². The number of nitrogens with two attached hydrogens (primary N) is 1. The van der Waals surface area contributed by atoms with E-state index < -0.39 is 9.84 Å². The SMILES string of the molecule is CS(=O)(=O)c1cccc2[nH]c(-c3cc(N)cc(Cl)c3)nc12. The van der Waals surface area contributed by atoms with Crippen LogP contribution < -0.4 is 5.73 Å². The first-order valence-corrected chi connectivity index (χ1v) is 8.37. The van der Waals surface area contributed by atoms with Crippen molar-refractivity contribution in [1.29, 1.82) is 0 Å². The molecule has 0 aliphatic carbocycles. The number of para-hydroxylation sites is 1. The van der Waals surface area contributed by atoms with Gasteiger partial charge in [0.1, 0.15) is 11.3 Å². The quantitative estimate of drug-likeness (QED) is 0.710. The molecule has 0 saturated heterocycles. The molecule has 0 aliphatic heterocycles. The van der Waals surface area contributed by atoms with Crippen LogP contribution in [0.1, 0.15) is 0 Å². The lowest BCUT2D eigenvalue weighted by molar-refractivity contribution is 0.602. The van der Waals surface area contributed by atoms with Gasteiger partial charge >= 0.3 is 0 Å². The molecular weight excluding hydrogens is 310 g/mol. The fourth-order valence-electron chi connectivity index (χ4n) is 2.19. The van der Waals surface area contributed by atoms with Crippen LogP contribution in [0.4, 0.5) is 5.69 Å². The molecule has 3 N–H and O–H groups in total. The molecule has 3 aromatic rings. The molecule has 0 spiro atoms. The highest BCUT2D eigenvalue weighted by atomic mass is 35.5. The van der Waals surface area contributed by atoms with Gasteiger partial charge in [-0.2, -0.15) is 0 Å². The first kappa shape index (κ1) is 13.9. The molecule has 3 rings (SSSR count). The third-order valence-electron chi connectivity index (χ3n) is 3.07. The minimum atomic E-state index is -3.35. The van der Waals surface area contributed by atoms with Crippen LogP contribution in [-0.4, -0.2) is 24.6 Å². The molecule has 0 bridgehead atoms. The Kier molecular flexibility index (Phi) is 3.15. The highest BCUT2D eigenvalue weighted by Crippen LogP contribution is 2.28. The fourth-order valence-corrected chi connectivity index (χ4v) is 3.27. The lowest BCUT2D eigenvalue weighted by atomic mass is 10.2.